The van der Waals surface area contributed by atoms with Crippen molar-refractivity contribution in [1.29, 1.82) is 0 Å². The second-order valence-corrected chi connectivity index (χ2v) is 14.8. The molecule has 3 N–H and O–H groups in total. The lowest BCUT2D eigenvalue weighted by atomic mass is 9.95. The molecule has 1 unspecified atom stereocenters. The van der Waals surface area contributed by atoms with Crippen LogP contribution in [0.5, 0.6) is 0 Å². The molecule has 4 atom stereocenters. The van der Waals surface area contributed by atoms with E-state index in [9.17, 15) is 24.3 Å². The monoisotopic (exact) mass is 752 g/mol. The van der Waals surface area contributed by atoms with Gasteiger partial charge in [0.2, 0.25) is 17.4 Å². The number of hydrogen-bond acceptors (Lipinski definition) is 11. The highest BCUT2D eigenvalue weighted by Crippen LogP contribution is 2.55. The Kier molecular flexibility index (Phi) is 9.56. The zero-order chi connectivity index (χ0) is 39.6. The summed E-state index contributed by atoms with van der Waals surface area (Å²) in [6, 6.07) is 1.88. The van der Waals surface area contributed by atoms with Crippen LogP contribution in [0.3, 0.4) is 0 Å². The van der Waals surface area contributed by atoms with Gasteiger partial charge >= 0.3 is 18.0 Å². The largest absolute Gasteiger partial charge is 0.477 e. The van der Waals surface area contributed by atoms with E-state index in [1.807, 2.05) is 0 Å². The van der Waals surface area contributed by atoms with Crippen LogP contribution >= 0.6 is 0 Å². The van der Waals surface area contributed by atoms with E-state index in [1.54, 1.807) is 39.4 Å². The number of halogens is 1. The summed E-state index contributed by atoms with van der Waals surface area (Å²) in [5.41, 5.74) is 8.63. The number of carbonyl (C=O) groups is 3. The molecule has 15 nitrogen and oxygen atoms in total. The van der Waals surface area contributed by atoms with Gasteiger partial charge in [-0.15, -0.1) is 0 Å². The van der Waals surface area contributed by atoms with Crippen molar-refractivity contribution in [2.24, 2.45) is 24.6 Å². The Morgan fingerprint density at radius 1 is 1.11 bits per heavy atom. The average molecular weight is 753 g/mol. The van der Waals surface area contributed by atoms with E-state index in [0.717, 1.165) is 30.5 Å². The number of esters is 1. The minimum absolute atomic E-state index is 0.0780. The summed E-state index contributed by atoms with van der Waals surface area (Å²) in [5, 5.41) is 9.85. The van der Waals surface area contributed by atoms with Crippen LogP contribution in [0.15, 0.2) is 35.5 Å². The number of nitrogens with zero attached hydrogens (tertiary/aromatic N) is 7. The maximum absolute atomic E-state index is 16.2. The highest BCUT2D eigenvalue weighted by atomic mass is 19.1. The van der Waals surface area contributed by atoms with E-state index in [4.69, 9.17) is 26.8 Å². The van der Waals surface area contributed by atoms with Gasteiger partial charge in [-0.25, -0.2) is 23.8 Å². The van der Waals surface area contributed by atoms with E-state index in [-0.39, 0.29) is 35.1 Å². The van der Waals surface area contributed by atoms with Crippen molar-refractivity contribution in [1.82, 2.24) is 19.4 Å². The zero-order valence-electron chi connectivity index (χ0n) is 31.3. The quantitative estimate of drug-likeness (QED) is 0.129. The number of carbonyl (C=O) groups excluding carboxylic acids is 2. The third-order valence-electron chi connectivity index (χ3n) is 10.9. The first-order valence-corrected chi connectivity index (χ1v) is 17.9. The van der Waals surface area contributed by atoms with E-state index < -0.39 is 47.2 Å². The van der Waals surface area contributed by atoms with Crippen LogP contribution in [0.2, 0.25) is 0 Å². The van der Waals surface area contributed by atoms with Crippen LogP contribution in [0.4, 0.5) is 26.2 Å². The van der Waals surface area contributed by atoms with Crippen LogP contribution in [0, 0.1) is 24.2 Å². The second kappa shape index (κ2) is 14.1. The Labute approximate surface area is 315 Å². The van der Waals surface area contributed by atoms with E-state index in [0.29, 0.717) is 57.3 Å². The van der Waals surface area contributed by atoms with Crippen molar-refractivity contribution >= 4 is 46.1 Å². The van der Waals surface area contributed by atoms with Gasteiger partial charge in [0, 0.05) is 94.0 Å². The number of anilines is 2. The van der Waals surface area contributed by atoms with Crippen molar-refractivity contribution in [2.75, 3.05) is 43.5 Å². The van der Waals surface area contributed by atoms with Crippen molar-refractivity contribution in [2.45, 2.75) is 52.0 Å². The van der Waals surface area contributed by atoms with Crippen molar-refractivity contribution in [3.8, 4) is 22.3 Å². The summed E-state index contributed by atoms with van der Waals surface area (Å²) in [6.45, 7) is 15.3. The number of amides is 1. The third-order valence-corrected chi connectivity index (χ3v) is 10.9. The summed E-state index contributed by atoms with van der Waals surface area (Å²) < 4.78 is 28.3. The molecule has 286 valence electrons. The first-order chi connectivity index (χ1) is 26.1. The minimum Gasteiger partial charge on any atom is -0.477 e. The molecule has 7 rings (SSSR count). The topological polar surface area (TPSA) is 178 Å². The van der Waals surface area contributed by atoms with E-state index in [2.05, 4.69) is 26.7 Å². The van der Waals surface area contributed by atoms with Crippen LogP contribution in [-0.2, 0) is 27.7 Å². The molecular formula is C39H41FN8O7. The number of benzene rings is 1. The number of likely N-dealkylation sites (tertiary alicyclic amines) is 1. The van der Waals surface area contributed by atoms with Crippen molar-refractivity contribution < 1.29 is 33.4 Å². The highest BCUT2D eigenvalue weighted by molar-refractivity contribution is 6.04. The second-order valence-electron chi connectivity index (χ2n) is 14.8. The smallest absolute Gasteiger partial charge is 0.417 e. The number of rotatable bonds is 8. The summed E-state index contributed by atoms with van der Waals surface area (Å²) in [6.07, 6.45) is 3.32. The Balaban J connectivity index is 1.38. The lowest BCUT2D eigenvalue weighted by Crippen LogP contribution is -2.40. The van der Waals surface area contributed by atoms with E-state index >= 15 is 4.39 Å². The van der Waals surface area contributed by atoms with Gasteiger partial charge in [0.1, 0.15) is 23.1 Å². The fraction of sp³-hybridized carbons (Fsp3) is 0.410. The number of hydrogen-bond donors (Lipinski definition) is 2. The fourth-order valence-electron chi connectivity index (χ4n) is 8.11. The molecule has 3 aliphatic rings. The number of nitrogens with two attached hydrogens (primary N) is 1. The van der Waals surface area contributed by atoms with Gasteiger partial charge < -0.3 is 34.7 Å². The SMILES string of the molecule is [C-]#[N+]c1c(F)cc(N(C)C(=O)OC(C)OC(=O)[C@@H](N)C(C)C)c2c1-c1c(ncc(-c3cnc4c(c3)c(=O)c(C(=O)O)cn4C)c1N1CC[C@H]3CN(C)C[C@H]31)C2. The highest BCUT2D eigenvalue weighted by Gasteiger charge is 2.44. The molecule has 0 saturated carbocycles. The fourth-order valence-corrected chi connectivity index (χ4v) is 8.11. The first-order valence-electron chi connectivity index (χ1n) is 17.9. The van der Waals surface area contributed by atoms with E-state index in [1.165, 1.54) is 24.7 Å². The molecule has 5 heterocycles. The van der Waals surface area contributed by atoms with Crippen LogP contribution in [0.25, 0.3) is 38.1 Å². The van der Waals surface area contributed by atoms with Crippen molar-refractivity contribution in [3.05, 3.63) is 75.0 Å². The molecule has 0 radical (unpaired) electrons. The molecule has 1 amide bonds. The van der Waals surface area contributed by atoms with Gasteiger partial charge in [-0.2, -0.15) is 0 Å². The lowest BCUT2D eigenvalue weighted by Gasteiger charge is -2.31. The molecule has 0 bridgehead atoms. The molecule has 2 saturated heterocycles. The number of aromatic carboxylic acids is 1. The Morgan fingerprint density at radius 2 is 1.85 bits per heavy atom. The molecule has 1 aromatic carbocycles. The number of likely N-dealkylation sites (N-methyl/N-ethyl adjacent to an activating group) is 1. The number of ether oxygens (including phenoxy) is 2. The number of aromatic nitrogens is 3. The number of aryl methyl sites for hydroxylation is 1. The molecular weight excluding hydrogens is 711 g/mol. The van der Waals surface area contributed by atoms with Gasteiger partial charge in [-0.05, 0) is 43.0 Å². The van der Waals surface area contributed by atoms with Gasteiger partial charge in [0.05, 0.1) is 29.0 Å². The average Bonchev–Trinajstić information content (AvgIpc) is 3.83. The Bertz CT molecular complexity index is 2390. The maximum atomic E-state index is 16.2. The molecule has 2 fully saturated rings. The molecule has 2 aliphatic heterocycles. The van der Waals surface area contributed by atoms with Gasteiger partial charge in [-0.1, -0.05) is 13.8 Å². The number of carboxylic acid groups (broad SMARTS) is 1. The third kappa shape index (κ3) is 6.32. The number of carboxylic acids is 1. The van der Waals surface area contributed by atoms with Gasteiger partial charge in [0.25, 0.3) is 0 Å². The predicted octanol–water partition coefficient (Wildman–Crippen LogP) is 4.54. The summed E-state index contributed by atoms with van der Waals surface area (Å²) in [4.78, 5) is 70.0. The Morgan fingerprint density at radius 3 is 2.55 bits per heavy atom. The van der Waals surface area contributed by atoms with Gasteiger partial charge in [-0.3, -0.25) is 19.5 Å². The zero-order valence-corrected chi connectivity index (χ0v) is 31.3. The molecule has 1 aliphatic carbocycles. The maximum Gasteiger partial charge on any atom is 0.417 e. The number of fused-ring (bicyclic) bond motifs is 5. The standard InChI is InChI=1S/C39H41FN8O7/c1-18(2)32(41)38(52)54-19(3)55-39(53)47(7)28-12-26(40)33(42-4)30-22(28)11-27-31(30)34(48-9-8-20-15-45(5)17-29(20)48)24(14-43-27)21-10-23-35(49)25(37(50)51)16-46(6)36(23)44-13-21/h10,12-14,16,18-20,29,32H,8-9,11,15,17,41H2,1-3,5-7H3,(H,50,51)/t19?,20-,29+,32-/m0/s1. The predicted molar refractivity (Wildman–Crippen MR) is 202 cm³/mol. The van der Waals surface area contributed by atoms with Gasteiger partial charge in [0.15, 0.2) is 0 Å². The molecule has 16 heteroatoms. The normalized spacial score (nSPS) is 18.4. The van der Waals surface area contributed by atoms with Crippen LogP contribution in [-0.4, -0.2) is 94.7 Å². The summed E-state index contributed by atoms with van der Waals surface area (Å²) >= 11 is 0. The molecule has 3 aromatic heterocycles. The molecule has 4 aromatic rings. The molecule has 55 heavy (non-hydrogen) atoms. The molecule has 0 spiro atoms. The minimum atomic E-state index is -1.36. The van der Waals surface area contributed by atoms with Crippen LogP contribution in [0.1, 0.15) is 48.8 Å². The summed E-state index contributed by atoms with van der Waals surface area (Å²) in [5.74, 6) is -2.81. The summed E-state index contributed by atoms with van der Waals surface area (Å²) in [7, 11) is 5.07. The van der Waals surface area contributed by atoms with Crippen LogP contribution < -0.4 is 21.0 Å². The Hall–Kier alpha value is -5.92. The van der Waals surface area contributed by atoms with Crippen molar-refractivity contribution in [3.63, 3.8) is 0 Å². The lowest BCUT2D eigenvalue weighted by molar-refractivity contribution is -0.167. The first kappa shape index (κ1) is 37.4. The number of pyridine rings is 3.